The Morgan fingerprint density at radius 1 is 0.906 bits per heavy atom. The van der Waals surface area contributed by atoms with E-state index in [1.165, 1.54) is 0 Å². The topological polar surface area (TPSA) is 106 Å². The maximum absolute atomic E-state index is 8.00. The number of benzene rings is 2. The van der Waals surface area contributed by atoms with Gasteiger partial charge in [0.25, 0.3) is 0 Å². The Balaban J connectivity index is 0.000000860. The number of pyridine rings is 1. The molecule has 0 aliphatic rings. The van der Waals surface area contributed by atoms with Gasteiger partial charge in [0.15, 0.2) is 0 Å². The van der Waals surface area contributed by atoms with Crippen LogP contribution in [0.25, 0.3) is 22.0 Å². The van der Waals surface area contributed by atoms with E-state index in [1.807, 2.05) is 57.2 Å². The molecular formula is C23H22ClN5O3. The van der Waals surface area contributed by atoms with E-state index in [1.54, 1.807) is 25.7 Å². The molecule has 0 fully saturated rings. The second-order valence-electron chi connectivity index (χ2n) is 6.14. The third kappa shape index (κ3) is 5.55. The van der Waals surface area contributed by atoms with Gasteiger partial charge in [0.2, 0.25) is 0 Å². The van der Waals surface area contributed by atoms with Crippen molar-refractivity contribution < 1.29 is 14.3 Å². The molecule has 4 aromatic rings. The Labute approximate surface area is 190 Å². The van der Waals surface area contributed by atoms with Crippen molar-refractivity contribution in [3.63, 3.8) is 0 Å². The molecule has 2 N–H and O–H groups in total. The molecule has 0 unspecified atom stereocenters. The van der Waals surface area contributed by atoms with Crippen LogP contribution < -0.4 is 15.4 Å². The lowest BCUT2D eigenvalue weighted by Gasteiger charge is -2.11. The summed E-state index contributed by atoms with van der Waals surface area (Å²) < 4.78 is 5.21. The molecule has 0 bridgehead atoms. The van der Waals surface area contributed by atoms with E-state index in [0.717, 1.165) is 33.4 Å². The number of anilines is 3. The minimum atomic E-state index is 0.529. The zero-order chi connectivity index (χ0) is 23.5. The van der Waals surface area contributed by atoms with Gasteiger partial charge >= 0.3 is 0 Å². The summed E-state index contributed by atoms with van der Waals surface area (Å²) in [5.41, 5.74) is 4.65. The van der Waals surface area contributed by atoms with E-state index in [-0.39, 0.29) is 0 Å². The van der Waals surface area contributed by atoms with Gasteiger partial charge in [-0.3, -0.25) is 4.98 Å². The van der Waals surface area contributed by atoms with Crippen LogP contribution in [0.4, 0.5) is 17.2 Å². The largest absolute Gasteiger partial charge is 0.495 e. The summed E-state index contributed by atoms with van der Waals surface area (Å²) in [5.74, 6) is 1.32. The number of nitrogens with zero attached hydrogens (tertiary/aromatic N) is 3. The van der Waals surface area contributed by atoms with Crippen LogP contribution in [-0.4, -0.2) is 42.7 Å². The molecule has 2 aromatic carbocycles. The maximum atomic E-state index is 8.00. The number of methoxy groups -OCH3 is 1. The van der Waals surface area contributed by atoms with Gasteiger partial charge in [-0.25, -0.2) is 9.97 Å². The van der Waals surface area contributed by atoms with Gasteiger partial charge in [-0.05, 0) is 42.0 Å². The van der Waals surface area contributed by atoms with Crippen LogP contribution in [0.1, 0.15) is 0 Å². The SMILES string of the molecule is C=O.C=O.CNc1cncc(-c2ccc3ncnc(Nc4ccc(OC)c(Cl)c4)c3c2)c1. The van der Waals surface area contributed by atoms with Gasteiger partial charge in [-0.15, -0.1) is 0 Å². The van der Waals surface area contributed by atoms with E-state index in [9.17, 15) is 0 Å². The number of halogens is 1. The van der Waals surface area contributed by atoms with E-state index < -0.39 is 0 Å². The minimum Gasteiger partial charge on any atom is -0.495 e. The summed E-state index contributed by atoms with van der Waals surface area (Å²) in [5, 5.41) is 7.87. The Hall–Kier alpha value is -4.04. The van der Waals surface area contributed by atoms with Gasteiger partial charge in [-0.2, -0.15) is 0 Å². The van der Waals surface area contributed by atoms with Crippen molar-refractivity contribution >= 4 is 53.3 Å². The molecule has 0 atom stereocenters. The highest BCUT2D eigenvalue weighted by Gasteiger charge is 2.09. The zero-order valence-corrected chi connectivity index (χ0v) is 18.4. The minimum absolute atomic E-state index is 0.529. The van der Waals surface area contributed by atoms with Crippen LogP contribution in [0.3, 0.4) is 0 Å². The fraction of sp³-hybridized carbons (Fsp3) is 0.0870. The molecule has 0 saturated carbocycles. The van der Waals surface area contributed by atoms with Crippen LogP contribution in [0.2, 0.25) is 5.02 Å². The van der Waals surface area contributed by atoms with Gasteiger partial charge in [0, 0.05) is 36.1 Å². The summed E-state index contributed by atoms with van der Waals surface area (Å²) >= 11 is 6.24. The molecule has 9 heteroatoms. The first-order valence-electron chi connectivity index (χ1n) is 9.24. The summed E-state index contributed by atoms with van der Waals surface area (Å²) in [4.78, 5) is 29.1. The number of hydrogen-bond donors (Lipinski definition) is 2. The first-order chi connectivity index (χ1) is 15.7. The summed E-state index contributed by atoms with van der Waals surface area (Å²) in [6.07, 6.45) is 5.16. The fourth-order valence-electron chi connectivity index (χ4n) is 2.95. The number of nitrogens with one attached hydrogen (secondary N) is 2. The van der Waals surface area contributed by atoms with Crippen molar-refractivity contribution in [3.05, 3.63) is 66.2 Å². The van der Waals surface area contributed by atoms with Crippen molar-refractivity contribution in [2.75, 3.05) is 24.8 Å². The summed E-state index contributed by atoms with van der Waals surface area (Å²) in [7, 11) is 3.46. The molecule has 2 aromatic heterocycles. The summed E-state index contributed by atoms with van der Waals surface area (Å²) in [6.45, 7) is 4.00. The van der Waals surface area contributed by atoms with Gasteiger partial charge in [0.1, 0.15) is 31.5 Å². The highest BCUT2D eigenvalue weighted by molar-refractivity contribution is 6.32. The smallest absolute Gasteiger partial charge is 0.141 e. The standard InChI is InChI=1S/C21H18ClN5O.2CH2O/c1-23-16-7-14(10-24-11-16)13-3-5-19-17(8-13)21(26-12-25-19)27-15-4-6-20(28-2)18(22)9-15;2*1-2/h3-12,23H,1-2H3,(H,25,26,27);2*1H2. The van der Waals surface area contributed by atoms with E-state index in [0.29, 0.717) is 16.6 Å². The van der Waals surface area contributed by atoms with Crippen molar-refractivity contribution in [2.24, 2.45) is 0 Å². The van der Waals surface area contributed by atoms with Crippen molar-refractivity contribution in [1.82, 2.24) is 15.0 Å². The first-order valence-corrected chi connectivity index (χ1v) is 9.62. The highest BCUT2D eigenvalue weighted by atomic mass is 35.5. The van der Waals surface area contributed by atoms with Crippen molar-refractivity contribution in [3.8, 4) is 16.9 Å². The average molecular weight is 452 g/mol. The quantitative estimate of drug-likeness (QED) is 0.447. The number of rotatable bonds is 5. The number of carbonyl (C=O) groups is 2. The van der Waals surface area contributed by atoms with E-state index >= 15 is 0 Å². The van der Waals surface area contributed by atoms with Crippen LogP contribution in [-0.2, 0) is 9.59 Å². The molecule has 0 spiro atoms. The van der Waals surface area contributed by atoms with Gasteiger partial charge in [-0.1, -0.05) is 17.7 Å². The lowest BCUT2D eigenvalue weighted by molar-refractivity contribution is -0.0987. The van der Waals surface area contributed by atoms with Crippen LogP contribution in [0, 0.1) is 0 Å². The zero-order valence-electron chi connectivity index (χ0n) is 17.6. The normalized spacial score (nSPS) is 9.59. The number of aromatic nitrogens is 3. The predicted molar refractivity (Wildman–Crippen MR) is 128 cm³/mol. The lowest BCUT2D eigenvalue weighted by atomic mass is 10.0. The Kier molecular flexibility index (Phi) is 9.06. The molecule has 0 aliphatic heterocycles. The molecule has 0 aliphatic carbocycles. The summed E-state index contributed by atoms with van der Waals surface area (Å²) in [6, 6.07) is 13.6. The third-order valence-corrected chi connectivity index (χ3v) is 4.71. The number of hydrogen-bond acceptors (Lipinski definition) is 8. The lowest BCUT2D eigenvalue weighted by Crippen LogP contribution is -1.97. The van der Waals surface area contributed by atoms with Gasteiger partial charge in [0.05, 0.1) is 23.3 Å². The highest BCUT2D eigenvalue weighted by Crippen LogP contribution is 2.32. The molecule has 32 heavy (non-hydrogen) atoms. The average Bonchev–Trinajstić information content (AvgIpc) is 2.86. The Morgan fingerprint density at radius 3 is 2.38 bits per heavy atom. The van der Waals surface area contributed by atoms with E-state index in [4.69, 9.17) is 25.9 Å². The third-order valence-electron chi connectivity index (χ3n) is 4.41. The number of fused-ring (bicyclic) bond motifs is 1. The maximum Gasteiger partial charge on any atom is 0.141 e. The molecule has 4 rings (SSSR count). The first kappa shape index (κ1) is 24.2. The Morgan fingerprint density at radius 2 is 1.69 bits per heavy atom. The molecule has 0 radical (unpaired) electrons. The Bertz CT molecular complexity index is 1190. The molecule has 0 saturated heterocycles. The van der Waals surface area contributed by atoms with Crippen molar-refractivity contribution in [2.45, 2.75) is 0 Å². The number of carbonyl (C=O) groups excluding carboxylic acids is 2. The van der Waals surface area contributed by atoms with Crippen LogP contribution in [0.15, 0.2) is 61.2 Å². The molecule has 164 valence electrons. The van der Waals surface area contributed by atoms with Crippen LogP contribution in [0.5, 0.6) is 5.75 Å². The molecule has 8 nitrogen and oxygen atoms in total. The number of ether oxygens (including phenoxy) is 1. The molecular weight excluding hydrogens is 430 g/mol. The van der Waals surface area contributed by atoms with E-state index in [2.05, 4.69) is 31.7 Å². The van der Waals surface area contributed by atoms with Crippen LogP contribution >= 0.6 is 11.6 Å². The molecule has 2 heterocycles. The fourth-order valence-corrected chi connectivity index (χ4v) is 3.21. The second kappa shape index (κ2) is 12.0. The monoisotopic (exact) mass is 451 g/mol. The predicted octanol–water partition coefficient (Wildman–Crippen LogP) is 4.77. The second-order valence-corrected chi connectivity index (χ2v) is 6.55. The molecule has 0 amide bonds. The van der Waals surface area contributed by atoms with Gasteiger partial charge < -0.3 is 25.0 Å². The van der Waals surface area contributed by atoms with Crippen molar-refractivity contribution in [1.29, 1.82) is 0 Å².